The molecule has 57 heavy (non-hydrogen) atoms. The first-order chi connectivity index (χ1) is 23.8. The van der Waals surface area contributed by atoms with E-state index in [9.17, 15) is 131 Å². The first-order valence-electron chi connectivity index (χ1n) is 11.9. The Labute approximate surface area is 350 Å². The Bertz CT molecular complexity index is 2150. The molecule has 2 rings (SSSR count). The third-order valence-corrected chi connectivity index (χ3v) is 12.7. The molecule has 0 aliphatic heterocycles. The van der Waals surface area contributed by atoms with E-state index in [1.54, 1.807) is 0 Å². The van der Waals surface area contributed by atoms with E-state index in [0.29, 0.717) is 0 Å². The SMILES string of the molecule is O=S(=O)([O-])C(F)(F)C(F)(F)C(F)(F)C(F)(F)S(=O)(=O)c1c(F)cc(Sc2cc(F)c(S(=O)(=O)C(F)(F)C(F)(F)C(F)(F)C(F)(F)S(=O)(=O)[O-])c(F)c2)cc1F.[Na+].[Na+]. The Morgan fingerprint density at radius 1 is 0.386 bits per heavy atom. The summed E-state index contributed by atoms with van der Waals surface area (Å²) >= 11 is -0.732. The summed E-state index contributed by atoms with van der Waals surface area (Å²) < 4.78 is 389. The Kier molecular flexibility index (Phi) is 15.8. The maximum atomic E-state index is 14.6. The van der Waals surface area contributed by atoms with Gasteiger partial charge < -0.3 is 9.11 Å². The van der Waals surface area contributed by atoms with Crippen LogP contribution in [0.2, 0.25) is 0 Å². The van der Waals surface area contributed by atoms with E-state index in [-0.39, 0.29) is 59.1 Å². The van der Waals surface area contributed by atoms with Crippen molar-refractivity contribution in [3.8, 4) is 0 Å². The first kappa shape index (κ1) is 56.1. The number of hydrogen-bond donors (Lipinski definition) is 0. The molecule has 0 amide bonds. The minimum absolute atomic E-state index is 0. The first-order valence-corrected chi connectivity index (χ1v) is 18.5. The molecule has 37 heteroatoms. The third kappa shape index (κ3) is 8.27. The quantitative estimate of drug-likeness (QED) is 0.141. The molecule has 0 bridgehead atoms. The van der Waals surface area contributed by atoms with Gasteiger partial charge in [-0.15, -0.1) is 0 Å². The van der Waals surface area contributed by atoms with Crippen LogP contribution < -0.4 is 59.1 Å². The Morgan fingerprint density at radius 3 is 0.737 bits per heavy atom. The summed E-state index contributed by atoms with van der Waals surface area (Å²) in [5, 5.41) is -31.3. The van der Waals surface area contributed by atoms with Crippen LogP contribution in [0.5, 0.6) is 0 Å². The van der Waals surface area contributed by atoms with Gasteiger partial charge in [0.2, 0.25) is 0 Å². The van der Waals surface area contributed by atoms with Gasteiger partial charge in [0.25, 0.3) is 19.7 Å². The van der Waals surface area contributed by atoms with Crippen molar-refractivity contribution in [1.82, 2.24) is 0 Å². The van der Waals surface area contributed by atoms with Crippen LogP contribution in [0.15, 0.2) is 43.8 Å². The van der Waals surface area contributed by atoms with Gasteiger partial charge in [0, 0.05) is 9.79 Å². The summed E-state index contributed by atoms with van der Waals surface area (Å²) in [5.74, 6) is -45.4. The number of alkyl halides is 16. The molecule has 0 N–H and O–H groups in total. The zero-order valence-corrected chi connectivity index (χ0v) is 34.1. The molecule has 10 nitrogen and oxygen atoms in total. The number of rotatable bonds is 14. The minimum Gasteiger partial charge on any atom is -0.743 e. The molecule has 0 atom stereocenters. The van der Waals surface area contributed by atoms with Crippen molar-refractivity contribution >= 4 is 51.7 Å². The summed E-state index contributed by atoms with van der Waals surface area (Å²) in [6, 6.07) is -2.76. The topological polar surface area (TPSA) is 183 Å². The Morgan fingerprint density at radius 2 is 0.561 bits per heavy atom. The molecule has 316 valence electrons. The van der Waals surface area contributed by atoms with Gasteiger partial charge in [-0.1, -0.05) is 11.8 Å². The Hall–Kier alpha value is -0.890. The van der Waals surface area contributed by atoms with Crippen LogP contribution in [0.4, 0.5) is 87.8 Å². The van der Waals surface area contributed by atoms with Crippen molar-refractivity contribution < 1.29 is 190 Å². The van der Waals surface area contributed by atoms with Crippen molar-refractivity contribution in [2.75, 3.05) is 0 Å². The van der Waals surface area contributed by atoms with E-state index in [1.807, 2.05) is 0 Å². The maximum Gasteiger partial charge on any atom is 1.00 e. The molecule has 0 aliphatic rings. The zero-order chi connectivity index (χ0) is 44.2. The van der Waals surface area contributed by atoms with Gasteiger partial charge in [0.05, 0.1) is 0 Å². The van der Waals surface area contributed by atoms with Crippen LogP contribution in [-0.2, 0) is 39.9 Å². The van der Waals surface area contributed by atoms with E-state index in [2.05, 4.69) is 0 Å². The molecule has 0 heterocycles. The van der Waals surface area contributed by atoms with Crippen LogP contribution in [0, 0.1) is 23.3 Å². The van der Waals surface area contributed by atoms with E-state index in [4.69, 9.17) is 0 Å². The molecule has 0 spiro atoms. The predicted octanol–water partition coefficient (Wildman–Crippen LogP) is -0.0476. The molecule has 0 saturated carbocycles. The minimum atomic E-state index is -8.24. The summed E-state index contributed by atoms with van der Waals surface area (Å²) in [4.78, 5) is -9.94. The average Bonchev–Trinajstić information content (AvgIpc) is 2.94. The monoisotopic (exact) mass is 990 g/mol. The number of benzene rings is 2. The summed E-state index contributed by atoms with van der Waals surface area (Å²) in [5.41, 5.74) is 0. The van der Waals surface area contributed by atoms with Gasteiger partial charge in [0.1, 0.15) is 33.1 Å². The fourth-order valence-corrected chi connectivity index (χ4v) is 7.99. The van der Waals surface area contributed by atoms with Crippen molar-refractivity contribution in [3.05, 3.63) is 47.5 Å². The van der Waals surface area contributed by atoms with Crippen LogP contribution >= 0.6 is 11.8 Å². The van der Waals surface area contributed by atoms with Gasteiger partial charge >= 0.3 is 104 Å². The second kappa shape index (κ2) is 16.1. The summed E-state index contributed by atoms with van der Waals surface area (Å²) in [6.45, 7) is 0. The number of hydrogen-bond acceptors (Lipinski definition) is 11. The van der Waals surface area contributed by atoms with E-state index in [0.717, 1.165) is 0 Å². The molecular weight excluding hydrogens is 986 g/mol. The molecule has 2 aromatic carbocycles. The van der Waals surface area contributed by atoms with Crippen LogP contribution in [0.1, 0.15) is 0 Å². The smallest absolute Gasteiger partial charge is 0.743 e. The number of sulfone groups is 2. The normalized spacial score (nSPS) is 14.8. The molecule has 0 radical (unpaired) electrons. The van der Waals surface area contributed by atoms with Gasteiger partial charge in [-0.05, 0) is 24.3 Å². The molecule has 0 aromatic heterocycles. The molecule has 0 saturated heterocycles. The van der Waals surface area contributed by atoms with Crippen molar-refractivity contribution in [1.29, 1.82) is 0 Å². The fourth-order valence-electron chi connectivity index (χ4n) is 3.48. The van der Waals surface area contributed by atoms with Crippen LogP contribution in [0.3, 0.4) is 0 Å². The van der Waals surface area contributed by atoms with E-state index < -0.39 is 163 Å². The molecule has 0 aliphatic carbocycles. The Balaban J connectivity index is 0.0000157. The second-order valence-electron chi connectivity index (χ2n) is 9.81. The summed E-state index contributed by atoms with van der Waals surface area (Å²) in [7, 11) is -32.4. The predicted molar refractivity (Wildman–Crippen MR) is 130 cm³/mol. The fraction of sp³-hybridized carbons (Fsp3) is 0.400. The summed E-state index contributed by atoms with van der Waals surface area (Å²) in [6.07, 6.45) is 0. The van der Waals surface area contributed by atoms with Crippen LogP contribution in [-0.4, -0.2) is 87.5 Å². The van der Waals surface area contributed by atoms with Crippen molar-refractivity contribution in [3.63, 3.8) is 0 Å². The standard InChI is InChI=1S/C20H6F20O10S5.2Na/c21-7-1-5(2-8(22)11(7)52(41,42)17(33,34)13(25,26)15(29,30)19(37,38)54(45,46)47)51-6-3-9(23)12(10(24)4-6)53(43,44)18(35,36)14(27,28)16(31,32)20(39,40)55(48,49)50;;/h1-4H,(H,45,46,47)(H,48,49,50);;/q;2*+1/p-2. The number of halogens is 20. The molecule has 0 fully saturated rings. The van der Waals surface area contributed by atoms with Gasteiger partial charge in [-0.2, -0.15) is 70.2 Å². The molecule has 2 aromatic rings. The molecular formula is C20H4F20Na2O10S5. The van der Waals surface area contributed by atoms with Gasteiger partial charge in [-0.3, -0.25) is 0 Å². The van der Waals surface area contributed by atoms with Gasteiger partial charge in [-0.25, -0.2) is 51.2 Å². The van der Waals surface area contributed by atoms with E-state index in [1.165, 1.54) is 0 Å². The second-order valence-corrected chi connectivity index (χ2v) is 17.7. The average molecular weight is 991 g/mol. The van der Waals surface area contributed by atoms with E-state index >= 15 is 0 Å². The molecule has 0 unspecified atom stereocenters. The van der Waals surface area contributed by atoms with Crippen molar-refractivity contribution in [2.24, 2.45) is 0 Å². The van der Waals surface area contributed by atoms with Crippen LogP contribution in [0.25, 0.3) is 0 Å². The third-order valence-electron chi connectivity index (χ3n) is 6.27. The van der Waals surface area contributed by atoms with Crippen molar-refractivity contribution in [2.45, 2.75) is 64.3 Å². The van der Waals surface area contributed by atoms with Gasteiger partial charge in [0.15, 0.2) is 20.2 Å². The largest absolute Gasteiger partial charge is 1.00 e. The zero-order valence-electron chi connectivity index (χ0n) is 26.0. The maximum absolute atomic E-state index is 14.6.